The van der Waals surface area contributed by atoms with E-state index in [1.54, 1.807) is 16.7 Å². The van der Waals surface area contributed by atoms with Gasteiger partial charge < -0.3 is 14.8 Å². The van der Waals surface area contributed by atoms with Crippen molar-refractivity contribution >= 4 is 34.6 Å². The number of nitro groups is 1. The van der Waals surface area contributed by atoms with Gasteiger partial charge >= 0.3 is 5.97 Å². The van der Waals surface area contributed by atoms with Crippen LogP contribution in [0.1, 0.15) is 40.6 Å². The Labute approximate surface area is 165 Å². The van der Waals surface area contributed by atoms with E-state index in [0.717, 1.165) is 31.2 Å². The van der Waals surface area contributed by atoms with E-state index in [4.69, 9.17) is 9.47 Å². The maximum Gasteiger partial charge on any atom is 0.340 e. The van der Waals surface area contributed by atoms with Crippen LogP contribution in [0.3, 0.4) is 0 Å². The zero-order valence-electron chi connectivity index (χ0n) is 15.5. The monoisotopic (exact) mass is 404 g/mol. The number of nitrogens with one attached hydrogen (secondary N) is 1. The number of nitrogens with zero attached hydrogens (tertiary/aromatic N) is 1. The van der Waals surface area contributed by atoms with E-state index < -0.39 is 22.9 Å². The number of methoxy groups -OCH3 is 1. The number of thiophene rings is 1. The fraction of sp³-hybridized carbons (Fsp3) is 0.368. The molecule has 0 bridgehead atoms. The van der Waals surface area contributed by atoms with Gasteiger partial charge in [0.05, 0.1) is 23.3 Å². The highest BCUT2D eigenvalue weighted by molar-refractivity contribution is 7.10. The molecule has 9 heteroatoms. The van der Waals surface area contributed by atoms with Crippen LogP contribution in [-0.4, -0.2) is 30.0 Å². The van der Waals surface area contributed by atoms with Crippen LogP contribution in [0, 0.1) is 10.1 Å². The molecule has 1 aliphatic rings. The molecular weight excluding hydrogens is 384 g/mol. The van der Waals surface area contributed by atoms with E-state index in [9.17, 15) is 19.7 Å². The van der Waals surface area contributed by atoms with Crippen molar-refractivity contribution in [3.63, 3.8) is 0 Å². The van der Waals surface area contributed by atoms with Crippen LogP contribution in [0.4, 0.5) is 11.4 Å². The molecule has 0 saturated heterocycles. The maximum atomic E-state index is 12.5. The van der Waals surface area contributed by atoms with Gasteiger partial charge in [0, 0.05) is 22.4 Å². The minimum atomic E-state index is -1.07. The summed E-state index contributed by atoms with van der Waals surface area (Å²) in [6, 6.07) is 3.86. The zero-order chi connectivity index (χ0) is 20.3. The van der Waals surface area contributed by atoms with Crippen LogP contribution >= 0.6 is 11.3 Å². The minimum Gasteiger partial charge on any atom is -0.495 e. The van der Waals surface area contributed by atoms with E-state index in [-0.39, 0.29) is 17.1 Å². The van der Waals surface area contributed by atoms with Gasteiger partial charge in [-0.25, -0.2) is 4.79 Å². The van der Waals surface area contributed by atoms with Crippen molar-refractivity contribution in [2.45, 2.75) is 38.7 Å². The lowest BCUT2D eigenvalue weighted by Crippen LogP contribution is -2.30. The highest BCUT2D eigenvalue weighted by Crippen LogP contribution is 2.31. The highest BCUT2D eigenvalue weighted by atomic mass is 32.1. The van der Waals surface area contributed by atoms with Crippen molar-refractivity contribution in [2.24, 2.45) is 0 Å². The number of amides is 1. The van der Waals surface area contributed by atoms with Crippen molar-refractivity contribution in [1.29, 1.82) is 0 Å². The van der Waals surface area contributed by atoms with Crippen LogP contribution in [0.25, 0.3) is 0 Å². The smallest absolute Gasteiger partial charge is 0.340 e. The third-order valence-electron chi connectivity index (χ3n) is 4.59. The molecule has 1 aromatic carbocycles. The molecule has 0 unspecified atom stereocenters. The number of ether oxygens (including phenoxy) is 2. The highest BCUT2D eigenvalue weighted by Gasteiger charge is 2.25. The predicted molar refractivity (Wildman–Crippen MR) is 104 cm³/mol. The molecule has 1 N–H and O–H groups in total. The van der Waals surface area contributed by atoms with Crippen molar-refractivity contribution in [3.05, 3.63) is 49.7 Å². The number of carbonyl (C=O) groups excluding carboxylic acids is 2. The first kappa shape index (κ1) is 19.8. The second kappa shape index (κ2) is 8.39. The average molecular weight is 404 g/mol. The zero-order valence-corrected chi connectivity index (χ0v) is 16.3. The number of anilines is 1. The summed E-state index contributed by atoms with van der Waals surface area (Å²) in [5, 5.41) is 15.3. The predicted octanol–water partition coefficient (Wildman–Crippen LogP) is 3.73. The molecule has 2 aromatic rings. The number of rotatable bonds is 6. The summed E-state index contributed by atoms with van der Waals surface area (Å²) in [6.07, 6.45) is 2.89. The first-order valence-corrected chi connectivity index (χ1v) is 9.72. The molecule has 0 fully saturated rings. The number of fused-ring (bicyclic) bond motifs is 1. The third kappa shape index (κ3) is 4.14. The molecular formula is C19H20N2O6S. The summed E-state index contributed by atoms with van der Waals surface area (Å²) in [4.78, 5) is 36.5. The Kier molecular flexibility index (Phi) is 5.93. The van der Waals surface area contributed by atoms with E-state index in [1.165, 1.54) is 37.1 Å². The lowest BCUT2D eigenvalue weighted by atomic mass is 9.96. The van der Waals surface area contributed by atoms with Crippen molar-refractivity contribution in [2.75, 3.05) is 12.4 Å². The summed E-state index contributed by atoms with van der Waals surface area (Å²) in [7, 11) is 1.39. The quantitative estimate of drug-likeness (QED) is 0.446. The topological polar surface area (TPSA) is 108 Å². The molecule has 1 aliphatic carbocycles. The van der Waals surface area contributed by atoms with Crippen molar-refractivity contribution in [1.82, 2.24) is 0 Å². The van der Waals surface area contributed by atoms with E-state index in [2.05, 4.69) is 5.32 Å². The number of nitro benzene ring substituents is 1. The van der Waals surface area contributed by atoms with Gasteiger partial charge in [0.15, 0.2) is 6.10 Å². The largest absolute Gasteiger partial charge is 0.495 e. The Hall–Kier alpha value is -2.94. The molecule has 0 radical (unpaired) electrons. The Bertz CT molecular complexity index is 923. The van der Waals surface area contributed by atoms with Gasteiger partial charge in [-0.2, -0.15) is 0 Å². The molecule has 1 heterocycles. The van der Waals surface area contributed by atoms with Crippen LogP contribution in [-0.2, 0) is 22.4 Å². The van der Waals surface area contributed by atoms with Crippen LogP contribution in [0.5, 0.6) is 5.75 Å². The van der Waals surface area contributed by atoms with Gasteiger partial charge in [-0.3, -0.25) is 14.9 Å². The molecule has 1 aromatic heterocycles. The lowest BCUT2D eigenvalue weighted by molar-refractivity contribution is -0.384. The second-order valence-electron chi connectivity index (χ2n) is 6.44. The molecule has 0 spiro atoms. The number of hydrogen-bond acceptors (Lipinski definition) is 7. The first-order valence-electron chi connectivity index (χ1n) is 8.84. The summed E-state index contributed by atoms with van der Waals surface area (Å²) in [5.41, 5.74) is 1.49. The Morgan fingerprint density at radius 3 is 2.75 bits per heavy atom. The molecule has 1 amide bonds. The van der Waals surface area contributed by atoms with Crippen LogP contribution in [0.2, 0.25) is 0 Å². The molecule has 28 heavy (non-hydrogen) atoms. The molecule has 3 rings (SSSR count). The Morgan fingerprint density at radius 1 is 1.29 bits per heavy atom. The Balaban J connectivity index is 1.70. The standard InChI is InChI=1S/C19H20N2O6S/c1-11(27-19(23)14-10-28-17-6-4-3-5-13(14)17)18(22)20-15-9-12(21(24)25)7-8-16(15)26-2/h7-11H,3-6H2,1-2H3,(H,20,22)/t11-/m1/s1. The molecule has 1 atom stereocenters. The number of aryl methyl sites for hydroxylation is 1. The van der Waals surface area contributed by atoms with Crippen LogP contribution in [0.15, 0.2) is 23.6 Å². The van der Waals surface area contributed by atoms with E-state index in [1.807, 2.05) is 0 Å². The third-order valence-corrected chi connectivity index (χ3v) is 5.67. The number of non-ortho nitro benzene ring substituents is 1. The summed E-state index contributed by atoms with van der Waals surface area (Å²) in [6.45, 7) is 1.45. The summed E-state index contributed by atoms with van der Waals surface area (Å²) >= 11 is 1.55. The van der Waals surface area contributed by atoms with Gasteiger partial charge in [0.25, 0.3) is 11.6 Å². The molecule has 0 saturated carbocycles. The summed E-state index contributed by atoms with van der Waals surface area (Å²) < 4.78 is 10.4. The van der Waals surface area contributed by atoms with E-state index >= 15 is 0 Å². The van der Waals surface area contributed by atoms with Crippen molar-refractivity contribution in [3.8, 4) is 5.75 Å². The van der Waals surface area contributed by atoms with Crippen LogP contribution < -0.4 is 10.1 Å². The Morgan fingerprint density at radius 2 is 2.04 bits per heavy atom. The minimum absolute atomic E-state index is 0.137. The SMILES string of the molecule is COc1ccc([N+](=O)[O-])cc1NC(=O)[C@@H](C)OC(=O)c1csc2c1CCCC2. The first-order chi connectivity index (χ1) is 13.4. The van der Waals surface area contributed by atoms with Gasteiger partial charge in [0.1, 0.15) is 5.75 Å². The van der Waals surface area contributed by atoms with Gasteiger partial charge in [0.2, 0.25) is 0 Å². The van der Waals surface area contributed by atoms with Gasteiger partial charge in [-0.1, -0.05) is 0 Å². The average Bonchev–Trinajstić information content (AvgIpc) is 3.12. The van der Waals surface area contributed by atoms with E-state index in [0.29, 0.717) is 5.56 Å². The number of carbonyl (C=O) groups is 2. The fourth-order valence-electron chi connectivity index (χ4n) is 3.08. The molecule has 0 aliphatic heterocycles. The van der Waals surface area contributed by atoms with Gasteiger partial charge in [-0.15, -0.1) is 11.3 Å². The van der Waals surface area contributed by atoms with Crippen molar-refractivity contribution < 1.29 is 24.0 Å². The molecule has 8 nitrogen and oxygen atoms in total. The number of benzene rings is 1. The fourth-order valence-corrected chi connectivity index (χ4v) is 4.20. The number of esters is 1. The maximum absolute atomic E-state index is 12.5. The summed E-state index contributed by atoms with van der Waals surface area (Å²) in [5.74, 6) is -0.867. The number of hydrogen-bond donors (Lipinski definition) is 1. The van der Waals surface area contributed by atoms with Gasteiger partial charge in [-0.05, 0) is 44.2 Å². The normalized spacial score (nSPS) is 13.9. The second-order valence-corrected chi connectivity index (χ2v) is 7.40. The lowest BCUT2D eigenvalue weighted by Gasteiger charge is -2.16. The molecule has 148 valence electrons.